The van der Waals surface area contributed by atoms with Crippen LogP contribution in [-0.2, 0) is 19.1 Å². The number of para-hydroxylation sites is 1. The van der Waals surface area contributed by atoms with Crippen molar-refractivity contribution in [3.05, 3.63) is 30.3 Å². The van der Waals surface area contributed by atoms with Crippen LogP contribution < -0.4 is 5.32 Å². The average molecular weight is 335 g/mol. The molecule has 122 valence electrons. The fourth-order valence-electron chi connectivity index (χ4n) is 2.27. The summed E-state index contributed by atoms with van der Waals surface area (Å²) < 4.78 is 4.61. The SMILES string of the molecule is COC(=O)CN1C(=S)N(C)C(=O)C1CC(=O)Nc1ccccc1. The van der Waals surface area contributed by atoms with E-state index in [0.29, 0.717) is 5.69 Å². The molecule has 1 aliphatic rings. The van der Waals surface area contributed by atoms with Crippen LogP contribution in [-0.4, -0.2) is 59.4 Å². The number of anilines is 1. The second-order valence-corrected chi connectivity index (χ2v) is 5.38. The summed E-state index contributed by atoms with van der Waals surface area (Å²) >= 11 is 5.16. The number of carbonyl (C=O) groups is 3. The number of likely N-dealkylation sites (N-methyl/N-ethyl adjacent to an activating group) is 1. The highest BCUT2D eigenvalue weighted by molar-refractivity contribution is 7.80. The molecule has 2 rings (SSSR count). The van der Waals surface area contributed by atoms with Crippen molar-refractivity contribution in [2.24, 2.45) is 0 Å². The third kappa shape index (κ3) is 3.84. The summed E-state index contributed by atoms with van der Waals surface area (Å²) in [5.74, 6) is -1.17. The van der Waals surface area contributed by atoms with Gasteiger partial charge in [-0.25, -0.2) is 0 Å². The van der Waals surface area contributed by atoms with Crippen molar-refractivity contribution in [2.75, 3.05) is 26.0 Å². The maximum Gasteiger partial charge on any atom is 0.325 e. The Bertz CT molecular complexity index is 635. The zero-order chi connectivity index (χ0) is 17.0. The van der Waals surface area contributed by atoms with Crippen molar-refractivity contribution in [3.8, 4) is 0 Å². The highest BCUT2D eigenvalue weighted by Gasteiger charge is 2.42. The second kappa shape index (κ2) is 7.19. The van der Waals surface area contributed by atoms with Crippen LogP contribution in [0.1, 0.15) is 6.42 Å². The van der Waals surface area contributed by atoms with Crippen molar-refractivity contribution < 1.29 is 19.1 Å². The first-order valence-electron chi connectivity index (χ1n) is 6.94. The van der Waals surface area contributed by atoms with Gasteiger partial charge in [-0.15, -0.1) is 0 Å². The van der Waals surface area contributed by atoms with E-state index in [1.807, 2.05) is 6.07 Å². The first-order chi connectivity index (χ1) is 10.9. The van der Waals surface area contributed by atoms with E-state index in [9.17, 15) is 14.4 Å². The van der Waals surface area contributed by atoms with E-state index in [1.54, 1.807) is 24.3 Å². The molecule has 23 heavy (non-hydrogen) atoms. The number of thiocarbonyl (C=S) groups is 1. The summed E-state index contributed by atoms with van der Waals surface area (Å²) in [5.41, 5.74) is 0.637. The molecule has 1 fully saturated rings. The number of carbonyl (C=O) groups excluding carboxylic acids is 3. The van der Waals surface area contributed by atoms with E-state index in [2.05, 4.69) is 10.1 Å². The Morgan fingerprint density at radius 3 is 2.57 bits per heavy atom. The van der Waals surface area contributed by atoms with Gasteiger partial charge in [0.15, 0.2) is 5.11 Å². The Morgan fingerprint density at radius 1 is 1.30 bits per heavy atom. The largest absolute Gasteiger partial charge is 0.468 e. The molecular formula is C15H17N3O4S. The lowest BCUT2D eigenvalue weighted by Crippen LogP contribution is -2.41. The molecule has 0 radical (unpaired) electrons. The van der Waals surface area contributed by atoms with Crippen LogP contribution in [0.3, 0.4) is 0 Å². The van der Waals surface area contributed by atoms with Gasteiger partial charge in [0.2, 0.25) is 5.91 Å². The van der Waals surface area contributed by atoms with Crippen LogP contribution in [0.15, 0.2) is 30.3 Å². The van der Waals surface area contributed by atoms with Crippen LogP contribution in [0.5, 0.6) is 0 Å². The maximum absolute atomic E-state index is 12.2. The van der Waals surface area contributed by atoms with E-state index in [1.165, 1.54) is 24.0 Å². The van der Waals surface area contributed by atoms with E-state index < -0.39 is 12.0 Å². The average Bonchev–Trinajstić information content (AvgIpc) is 2.73. The Morgan fingerprint density at radius 2 is 1.96 bits per heavy atom. The molecule has 0 aromatic heterocycles. The monoisotopic (exact) mass is 335 g/mol. The van der Waals surface area contributed by atoms with Crippen molar-refractivity contribution in [1.82, 2.24) is 9.80 Å². The minimum Gasteiger partial charge on any atom is -0.468 e. The molecule has 1 atom stereocenters. The first kappa shape index (κ1) is 16.9. The number of esters is 1. The Hall–Kier alpha value is -2.48. The van der Waals surface area contributed by atoms with Gasteiger partial charge in [0, 0.05) is 12.7 Å². The molecule has 0 spiro atoms. The topological polar surface area (TPSA) is 79.0 Å². The number of benzene rings is 1. The molecule has 0 saturated carbocycles. The number of methoxy groups -OCH3 is 1. The lowest BCUT2D eigenvalue weighted by atomic mass is 10.1. The van der Waals surface area contributed by atoms with Gasteiger partial charge in [-0.3, -0.25) is 19.3 Å². The summed E-state index contributed by atoms with van der Waals surface area (Å²) in [4.78, 5) is 38.6. The number of hydrogen-bond acceptors (Lipinski definition) is 5. The third-order valence-electron chi connectivity index (χ3n) is 3.49. The number of nitrogens with zero attached hydrogens (tertiary/aromatic N) is 2. The molecule has 1 saturated heterocycles. The van der Waals surface area contributed by atoms with E-state index in [4.69, 9.17) is 12.2 Å². The zero-order valence-corrected chi connectivity index (χ0v) is 13.6. The normalized spacial score (nSPS) is 17.4. The number of amides is 2. The Labute approximate surface area is 139 Å². The number of hydrogen-bond donors (Lipinski definition) is 1. The van der Waals surface area contributed by atoms with Crippen molar-refractivity contribution in [1.29, 1.82) is 0 Å². The fraction of sp³-hybridized carbons (Fsp3) is 0.333. The van der Waals surface area contributed by atoms with Gasteiger partial charge in [0.05, 0.1) is 13.5 Å². The Balaban J connectivity index is 2.08. The van der Waals surface area contributed by atoms with E-state index in [-0.39, 0.29) is 29.9 Å². The highest BCUT2D eigenvalue weighted by atomic mass is 32.1. The van der Waals surface area contributed by atoms with Gasteiger partial charge < -0.3 is 15.0 Å². The van der Waals surface area contributed by atoms with Crippen molar-refractivity contribution in [3.63, 3.8) is 0 Å². The molecule has 1 aromatic carbocycles. The molecule has 0 bridgehead atoms. The molecule has 1 N–H and O–H groups in total. The Kier molecular flexibility index (Phi) is 5.28. The lowest BCUT2D eigenvalue weighted by Gasteiger charge is -2.21. The molecule has 2 amide bonds. The summed E-state index contributed by atoms with van der Waals surface area (Å²) in [6.45, 7) is -0.172. The van der Waals surface area contributed by atoms with Gasteiger partial charge in [-0.1, -0.05) is 18.2 Å². The summed E-state index contributed by atoms with van der Waals surface area (Å²) in [5, 5.41) is 2.92. The second-order valence-electron chi connectivity index (χ2n) is 5.02. The molecule has 1 aromatic rings. The molecular weight excluding hydrogens is 318 g/mol. The number of nitrogens with one attached hydrogen (secondary N) is 1. The summed E-state index contributed by atoms with van der Waals surface area (Å²) in [7, 11) is 2.77. The quantitative estimate of drug-likeness (QED) is 0.628. The highest BCUT2D eigenvalue weighted by Crippen LogP contribution is 2.20. The van der Waals surface area contributed by atoms with Crippen LogP contribution in [0, 0.1) is 0 Å². The van der Waals surface area contributed by atoms with E-state index >= 15 is 0 Å². The van der Waals surface area contributed by atoms with Gasteiger partial charge in [0.1, 0.15) is 12.6 Å². The van der Waals surface area contributed by atoms with Crippen LogP contribution in [0.2, 0.25) is 0 Å². The smallest absolute Gasteiger partial charge is 0.325 e. The summed E-state index contributed by atoms with van der Waals surface area (Å²) in [6, 6.07) is 8.11. The van der Waals surface area contributed by atoms with Gasteiger partial charge >= 0.3 is 5.97 Å². The summed E-state index contributed by atoms with van der Waals surface area (Å²) in [6.07, 6.45) is -0.102. The predicted molar refractivity (Wildman–Crippen MR) is 87.6 cm³/mol. The molecule has 1 aliphatic heterocycles. The van der Waals surface area contributed by atoms with Gasteiger partial charge in [0.25, 0.3) is 5.91 Å². The number of rotatable bonds is 5. The minimum absolute atomic E-state index is 0.102. The first-order valence-corrected chi connectivity index (χ1v) is 7.34. The molecule has 7 nitrogen and oxygen atoms in total. The fourth-order valence-corrected chi connectivity index (χ4v) is 2.55. The predicted octanol–water partition coefficient (Wildman–Crippen LogP) is 0.616. The van der Waals surface area contributed by atoms with Gasteiger partial charge in [-0.2, -0.15) is 0 Å². The molecule has 1 heterocycles. The molecule has 0 aliphatic carbocycles. The third-order valence-corrected chi connectivity index (χ3v) is 4.00. The van der Waals surface area contributed by atoms with Crippen LogP contribution in [0.25, 0.3) is 0 Å². The molecule has 8 heteroatoms. The molecule has 1 unspecified atom stereocenters. The lowest BCUT2D eigenvalue weighted by molar-refractivity contribution is -0.141. The van der Waals surface area contributed by atoms with Crippen molar-refractivity contribution in [2.45, 2.75) is 12.5 Å². The van der Waals surface area contributed by atoms with Crippen LogP contribution in [0.4, 0.5) is 5.69 Å². The standard InChI is InChI=1S/C15H17N3O4S/c1-17-14(21)11(18(15(17)23)9-13(20)22-2)8-12(19)16-10-6-4-3-5-7-10/h3-7,11H,8-9H2,1-2H3,(H,16,19). The van der Waals surface area contributed by atoms with Crippen LogP contribution >= 0.6 is 12.2 Å². The van der Waals surface area contributed by atoms with E-state index in [0.717, 1.165) is 0 Å². The van der Waals surface area contributed by atoms with Gasteiger partial charge in [-0.05, 0) is 24.4 Å². The van der Waals surface area contributed by atoms with Crippen molar-refractivity contribution >= 4 is 40.8 Å². The maximum atomic E-state index is 12.2. The number of ether oxygens (including phenoxy) is 1. The minimum atomic E-state index is -0.810. The zero-order valence-electron chi connectivity index (χ0n) is 12.8.